The Morgan fingerprint density at radius 1 is 1.30 bits per heavy atom. The number of amides is 1. The molecule has 1 unspecified atom stereocenters. The van der Waals surface area contributed by atoms with E-state index in [9.17, 15) is 9.59 Å². The van der Waals surface area contributed by atoms with E-state index in [0.29, 0.717) is 36.9 Å². The van der Waals surface area contributed by atoms with Crippen molar-refractivity contribution in [3.63, 3.8) is 0 Å². The first-order valence-corrected chi connectivity index (χ1v) is 7.84. The van der Waals surface area contributed by atoms with Gasteiger partial charge in [-0.3, -0.25) is 4.79 Å². The first kappa shape index (κ1) is 17.3. The van der Waals surface area contributed by atoms with Crippen LogP contribution in [0.15, 0.2) is 18.2 Å². The van der Waals surface area contributed by atoms with E-state index in [1.165, 1.54) is 19.2 Å². The molecule has 1 aromatic carbocycles. The normalized spacial score (nSPS) is 17.3. The van der Waals surface area contributed by atoms with Crippen molar-refractivity contribution in [3.05, 3.63) is 29.3 Å². The van der Waals surface area contributed by atoms with Crippen LogP contribution in [0.2, 0.25) is 0 Å². The summed E-state index contributed by atoms with van der Waals surface area (Å²) in [5, 5.41) is 9.14. The molecule has 6 nitrogen and oxygen atoms in total. The summed E-state index contributed by atoms with van der Waals surface area (Å²) >= 11 is 0. The lowest BCUT2D eigenvalue weighted by Gasteiger charge is -2.17. The van der Waals surface area contributed by atoms with Crippen LogP contribution in [-0.2, 0) is 4.74 Å². The molecule has 0 spiro atoms. The Kier molecular flexibility index (Phi) is 5.98. The van der Waals surface area contributed by atoms with Gasteiger partial charge >= 0.3 is 5.97 Å². The predicted molar refractivity (Wildman–Crippen MR) is 85.1 cm³/mol. The lowest BCUT2D eigenvalue weighted by molar-refractivity contribution is 0.0696. The molecule has 1 aliphatic rings. The second-order valence-electron chi connectivity index (χ2n) is 5.74. The van der Waals surface area contributed by atoms with Gasteiger partial charge in [0.05, 0.1) is 19.3 Å². The van der Waals surface area contributed by atoms with Crippen molar-refractivity contribution in [2.24, 2.45) is 5.92 Å². The summed E-state index contributed by atoms with van der Waals surface area (Å²) < 4.78 is 10.6. The Labute approximate surface area is 136 Å². The van der Waals surface area contributed by atoms with Crippen LogP contribution in [-0.4, -0.2) is 55.3 Å². The monoisotopic (exact) mass is 321 g/mol. The van der Waals surface area contributed by atoms with Gasteiger partial charge in [-0.05, 0) is 31.0 Å². The van der Waals surface area contributed by atoms with Gasteiger partial charge < -0.3 is 19.5 Å². The molecule has 6 heteroatoms. The van der Waals surface area contributed by atoms with Crippen molar-refractivity contribution < 1.29 is 24.2 Å². The Balaban J connectivity index is 2.06. The summed E-state index contributed by atoms with van der Waals surface area (Å²) in [6.07, 6.45) is 1.89. The van der Waals surface area contributed by atoms with Gasteiger partial charge in [-0.2, -0.15) is 0 Å². The second-order valence-corrected chi connectivity index (χ2v) is 5.74. The summed E-state index contributed by atoms with van der Waals surface area (Å²) in [7, 11) is 1.45. The van der Waals surface area contributed by atoms with E-state index in [0.717, 1.165) is 19.4 Å². The van der Waals surface area contributed by atoms with E-state index >= 15 is 0 Å². The highest BCUT2D eigenvalue weighted by Crippen LogP contribution is 2.22. The van der Waals surface area contributed by atoms with Gasteiger partial charge in [0.2, 0.25) is 0 Å². The molecule has 0 saturated carbocycles. The molecule has 1 atom stereocenters. The molecule has 0 bridgehead atoms. The summed E-state index contributed by atoms with van der Waals surface area (Å²) in [6, 6.07) is 4.38. The zero-order valence-corrected chi connectivity index (χ0v) is 13.6. The number of carboxylic acid groups (broad SMARTS) is 1. The largest absolute Gasteiger partial charge is 0.497 e. The second kappa shape index (κ2) is 7.97. The van der Waals surface area contributed by atoms with Gasteiger partial charge in [-0.1, -0.05) is 6.92 Å². The third kappa shape index (κ3) is 4.45. The van der Waals surface area contributed by atoms with Crippen molar-refractivity contribution in [1.29, 1.82) is 0 Å². The minimum Gasteiger partial charge on any atom is -0.497 e. The standard InChI is InChI=1S/C17H23NO5/c1-3-6-23-11-12-4-5-18(10-12)16(19)13-7-14(17(20)21)9-15(8-13)22-2/h7-9,12H,3-6,10-11H2,1-2H3,(H,20,21). The number of carbonyl (C=O) groups is 2. The minimum atomic E-state index is -1.08. The maximum atomic E-state index is 12.6. The van der Waals surface area contributed by atoms with Gasteiger partial charge in [0.1, 0.15) is 5.75 Å². The van der Waals surface area contributed by atoms with E-state index in [1.807, 2.05) is 0 Å². The van der Waals surface area contributed by atoms with Crippen LogP contribution in [0.4, 0.5) is 0 Å². The molecule has 1 fully saturated rings. The zero-order valence-electron chi connectivity index (χ0n) is 13.6. The minimum absolute atomic E-state index is 0.0507. The number of rotatable bonds is 7. The average Bonchev–Trinajstić information content (AvgIpc) is 3.02. The number of methoxy groups -OCH3 is 1. The Bertz CT molecular complexity index is 572. The van der Waals surface area contributed by atoms with Gasteiger partial charge in [0.15, 0.2) is 0 Å². The molecule has 126 valence electrons. The number of ether oxygens (including phenoxy) is 2. The topological polar surface area (TPSA) is 76.1 Å². The van der Waals surface area contributed by atoms with Crippen LogP contribution in [0.1, 0.15) is 40.5 Å². The van der Waals surface area contributed by atoms with E-state index < -0.39 is 5.97 Å². The van der Waals surface area contributed by atoms with E-state index in [-0.39, 0.29) is 11.5 Å². The first-order chi connectivity index (χ1) is 11.0. The van der Waals surface area contributed by atoms with Crippen LogP contribution < -0.4 is 4.74 Å². The molecule has 1 amide bonds. The molecular formula is C17H23NO5. The highest BCUT2D eigenvalue weighted by molar-refractivity contribution is 5.98. The number of carboxylic acids is 1. The van der Waals surface area contributed by atoms with Crippen LogP contribution >= 0.6 is 0 Å². The fraction of sp³-hybridized carbons (Fsp3) is 0.529. The molecule has 2 rings (SSSR count). The Morgan fingerprint density at radius 2 is 2.04 bits per heavy atom. The third-order valence-electron chi connectivity index (χ3n) is 3.91. The fourth-order valence-corrected chi connectivity index (χ4v) is 2.69. The zero-order chi connectivity index (χ0) is 16.8. The molecule has 1 saturated heterocycles. The van der Waals surface area contributed by atoms with Crippen LogP contribution in [0.3, 0.4) is 0 Å². The van der Waals surface area contributed by atoms with Gasteiger partial charge in [-0.15, -0.1) is 0 Å². The quantitative estimate of drug-likeness (QED) is 0.780. The van der Waals surface area contributed by atoms with Crippen molar-refractivity contribution in [3.8, 4) is 5.75 Å². The van der Waals surface area contributed by atoms with Crippen molar-refractivity contribution in [2.75, 3.05) is 33.4 Å². The van der Waals surface area contributed by atoms with Gasteiger partial charge in [0.25, 0.3) is 5.91 Å². The number of hydrogen-bond acceptors (Lipinski definition) is 4. The summed E-state index contributed by atoms with van der Waals surface area (Å²) in [5.74, 6) is -0.528. The predicted octanol–water partition coefficient (Wildman–Crippen LogP) is 2.28. The van der Waals surface area contributed by atoms with Crippen molar-refractivity contribution in [1.82, 2.24) is 4.90 Å². The summed E-state index contributed by atoms with van der Waals surface area (Å²) in [5.41, 5.74) is 0.395. The molecule has 1 heterocycles. The molecule has 23 heavy (non-hydrogen) atoms. The van der Waals surface area contributed by atoms with Crippen molar-refractivity contribution >= 4 is 11.9 Å². The van der Waals surface area contributed by atoms with Crippen LogP contribution in [0.25, 0.3) is 0 Å². The van der Waals surface area contributed by atoms with E-state index in [4.69, 9.17) is 14.6 Å². The van der Waals surface area contributed by atoms with Crippen LogP contribution in [0.5, 0.6) is 5.75 Å². The summed E-state index contributed by atoms with van der Waals surface area (Å²) in [4.78, 5) is 25.5. The molecule has 1 aromatic rings. The Morgan fingerprint density at radius 3 is 2.70 bits per heavy atom. The third-order valence-corrected chi connectivity index (χ3v) is 3.91. The average molecular weight is 321 g/mol. The highest BCUT2D eigenvalue weighted by Gasteiger charge is 2.27. The number of nitrogens with zero attached hydrogens (tertiary/aromatic N) is 1. The number of hydrogen-bond donors (Lipinski definition) is 1. The van der Waals surface area contributed by atoms with Gasteiger partial charge in [0, 0.05) is 31.2 Å². The molecule has 0 aromatic heterocycles. The maximum Gasteiger partial charge on any atom is 0.335 e. The van der Waals surface area contributed by atoms with Crippen molar-refractivity contribution in [2.45, 2.75) is 19.8 Å². The number of aromatic carboxylic acids is 1. The molecule has 1 N–H and O–H groups in total. The number of benzene rings is 1. The highest BCUT2D eigenvalue weighted by atomic mass is 16.5. The van der Waals surface area contributed by atoms with Gasteiger partial charge in [-0.25, -0.2) is 4.79 Å². The Hall–Kier alpha value is -2.08. The van der Waals surface area contributed by atoms with E-state index in [2.05, 4.69) is 6.92 Å². The molecular weight excluding hydrogens is 298 g/mol. The first-order valence-electron chi connectivity index (χ1n) is 7.84. The molecule has 1 aliphatic heterocycles. The molecule has 0 radical (unpaired) electrons. The SMILES string of the molecule is CCCOCC1CCN(C(=O)c2cc(OC)cc(C(=O)O)c2)C1. The van der Waals surface area contributed by atoms with Crippen LogP contribution in [0, 0.1) is 5.92 Å². The number of carbonyl (C=O) groups excluding carboxylic acids is 1. The lowest BCUT2D eigenvalue weighted by Crippen LogP contribution is -2.29. The number of likely N-dealkylation sites (tertiary alicyclic amines) is 1. The fourth-order valence-electron chi connectivity index (χ4n) is 2.69. The smallest absolute Gasteiger partial charge is 0.335 e. The lowest BCUT2D eigenvalue weighted by atomic mass is 10.1. The van der Waals surface area contributed by atoms with E-state index in [1.54, 1.807) is 11.0 Å². The molecule has 0 aliphatic carbocycles. The maximum absolute atomic E-state index is 12.6. The summed E-state index contributed by atoms with van der Waals surface area (Å²) in [6.45, 7) is 4.77.